The largest absolute Gasteiger partial charge is 0.480 e. The lowest BCUT2D eigenvalue weighted by molar-refractivity contribution is -0.142. The molecule has 0 radical (unpaired) electrons. The van der Waals surface area contributed by atoms with Crippen LogP contribution in [-0.2, 0) is 9.53 Å². The molecule has 0 fully saturated rings. The van der Waals surface area contributed by atoms with Crippen LogP contribution in [0.1, 0.15) is 13.3 Å². The molecule has 70 valence electrons. The summed E-state index contributed by atoms with van der Waals surface area (Å²) >= 11 is 0. The molecule has 0 saturated carbocycles. The van der Waals surface area contributed by atoms with Gasteiger partial charge in [-0.2, -0.15) is 0 Å². The van der Waals surface area contributed by atoms with E-state index in [1.807, 2.05) is 0 Å². The van der Waals surface area contributed by atoms with Crippen molar-refractivity contribution in [1.29, 1.82) is 0 Å². The molecule has 0 bridgehead atoms. The van der Waals surface area contributed by atoms with E-state index < -0.39 is 18.1 Å². The molecular formula is C7H13NO4. The Morgan fingerprint density at radius 2 is 2.08 bits per heavy atom. The highest BCUT2D eigenvalue weighted by atomic mass is 16.5. The van der Waals surface area contributed by atoms with Gasteiger partial charge in [-0.25, -0.2) is 9.59 Å². The Labute approximate surface area is 70.9 Å². The minimum atomic E-state index is -1.02. The van der Waals surface area contributed by atoms with Crippen molar-refractivity contribution in [2.45, 2.75) is 19.4 Å². The fourth-order valence-electron chi connectivity index (χ4n) is 0.885. The zero-order valence-electron chi connectivity index (χ0n) is 7.40. The Morgan fingerprint density at radius 3 is 2.33 bits per heavy atom. The number of carbonyl (C=O) groups is 2. The predicted molar refractivity (Wildman–Crippen MR) is 41.9 cm³/mol. The Hall–Kier alpha value is -1.26. The molecule has 0 aromatic rings. The lowest BCUT2D eigenvalue weighted by Gasteiger charge is -2.21. The third-order valence-electron chi connectivity index (χ3n) is 1.60. The number of hydrogen-bond donors (Lipinski definition) is 1. The first kappa shape index (κ1) is 10.7. The van der Waals surface area contributed by atoms with E-state index >= 15 is 0 Å². The molecule has 1 atom stereocenters. The van der Waals surface area contributed by atoms with Crippen molar-refractivity contribution < 1.29 is 19.4 Å². The molecule has 0 spiro atoms. The van der Waals surface area contributed by atoms with E-state index in [1.54, 1.807) is 6.92 Å². The molecule has 5 heteroatoms. The van der Waals surface area contributed by atoms with Gasteiger partial charge in [-0.05, 0) is 6.42 Å². The van der Waals surface area contributed by atoms with Gasteiger partial charge in [0.2, 0.25) is 0 Å². The zero-order chi connectivity index (χ0) is 9.72. The number of methoxy groups -OCH3 is 1. The van der Waals surface area contributed by atoms with Crippen molar-refractivity contribution in [3.63, 3.8) is 0 Å². The summed E-state index contributed by atoms with van der Waals surface area (Å²) in [5.74, 6) is -1.02. The number of carbonyl (C=O) groups excluding carboxylic acids is 1. The van der Waals surface area contributed by atoms with Crippen LogP contribution in [0.5, 0.6) is 0 Å². The molecule has 1 amide bonds. The summed E-state index contributed by atoms with van der Waals surface area (Å²) in [5.41, 5.74) is 0. The molecule has 1 unspecified atom stereocenters. The van der Waals surface area contributed by atoms with Gasteiger partial charge in [0, 0.05) is 7.05 Å². The van der Waals surface area contributed by atoms with Gasteiger partial charge in [0.05, 0.1) is 7.11 Å². The first-order valence-corrected chi connectivity index (χ1v) is 3.58. The second kappa shape index (κ2) is 4.58. The van der Waals surface area contributed by atoms with E-state index in [0.717, 1.165) is 4.90 Å². The van der Waals surface area contributed by atoms with Gasteiger partial charge in [-0.15, -0.1) is 0 Å². The maximum Gasteiger partial charge on any atom is 0.409 e. The van der Waals surface area contributed by atoms with E-state index in [0.29, 0.717) is 6.42 Å². The summed E-state index contributed by atoms with van der Waals surface area (Å²) in [6.07, 6.45) is -0.273. The number of likely N-dealkylation sites (N-methyl/N-ethyl adjacent to an activating group) is 1. The lowest BCUT2D eigenvalue weighted by Crippen LogP contribution is -2.41. The highest BCUT2D eigenvalue weighted by Crippen LogP contribution is 2.03. The Morgan fingerprint density at radius 1 is 1.58 bits per heavy atom. The third kappa shape index (κ3) is 2.41. The predicted octanol–water partition coefficient (Wildman–Crippen LogP) is 0.548. The fourth-order valence-corrected chi connectivity index (χ4v) is 0.885. The normalized spacial score (nSPS) is 11.9. The summed E-state index contributed by atoms with van der Waals surface area (Å²) < 4.78 is 4.37. The SMILES string of the molecule is CCC(C(=O)O)N(C)C(=O)OC. The van der Waals surface area contributed by atoms with Crippen LogP contribution in [0.2, 0.25) is 0 Å². The van der Waals surface area contributed by atoms with Gasteiger partial charge in [0.25, 0.3) is 0 Å². The summed E-state index contributed by atoms with van der Waals surface area (Å²) in [6, 6.07) is -0.808. The fraction of sp³-hybridized carbons (Fsp3) is 0.714. The number of aliphatic carboxylic acids is 1. The van der Waals surface area contributed by atoms with E-state index in [1.165, 1.54) is 14.2 Å². The highest BCUT2D eigenvalue weighted by Gasteiger charge is 2.24. The summed E-state index contributed by atoms with van der Waals surface area (Å²) in [5, 5.41) is 8.64. The second-order valence-corrected chi connectivity index (χ2v) is 2.34. The summed E-state index contributed by atoms with van der Waals surface area (Å²) in [6.45, 7) is 1.69. The number of amides is 1. The Kier molecular flexibility index (Phi) is 4.10. The number of carboxylic acid groups (broad SMARTS) is 1. The van der Waals surface area contributed by atoms with Crippen LogP contribution in [-0.4, -0.2) is 42.3 Å². The number of ether oxygens (including phenoxy) is 1. The zero-order valence-corrected chi connectivity index (χ0v) is 7.40. The second-order valence-electron chi connectivity index (χ2n) is 2.34. The molecule has 0 aliphatic carbocycles. The number of nitrogens with zero attached hydrogens (tertiary/aromatic N) is 1. The number of rotatable bonds is 3. The molecule has 0 rings (SSSR count). The molecule has 5 nitrogen and oxygen atoms in total. The monoisotopic (exact) mass is 175 g/mol. The minimum Gasteiger partial charge on any atom is -0.480 e. The topological polar surface area (TPSA) is 66.8 Å². The molecule has 1 N–H and O–H groups in total. The highest BCUT2D eigenvalue weighted by molar-refractivity contribution is 5.79. The van der Waals surface area contributed by atoms with Gasteiger partial charge in [0.1, 0.15) is 6.04 Å². The van der Waals surface area contributed by atoms with Crippen molar-refractivity contribution in [1.82, 2.24) is 4.90 Å². The van der Waals surface area contributed by atoms with Crippen molar-refractivity contribution in [3.05, 3.63) is 0 Å². The van der Waals surface area contributed by atoms with Crippen molar-refractivity contribution in [2.24, 2.45) is 0 Å². The van der Waals surface area contributed by atoms with E-state index in [2.05, 4.69) is 4.74 Å². The molecule has 0 heterocycles. The van der Waals surface area contributed by atoms with Crippen LogP contribution in [0.4, 0.5) is 4.79 Å². The first-order valence-electron chi connectivity index (χ1n) is 3.58. The van der Waals surface area contributed by atoms with Crippen LogP contribution in [0.3, 0.4) is 0 Å². The molecule has 0 aromatic heterocycles. The molecule has 12 heavy (non-hydrogen) atoms. The lowest BCUT2D eigenvalue weighted by atomic mass is 10.2. The maximum atomic E-state index is 10.9. The van der Waals surface area contributed by atoms with Gasteiger partial charge >= 0.3 is 12.1 Å². The molecule has 0 aromatic carbocycles. The number of carboxylic acids is 1. The molecule has 0 aliphatic rings. The number of hydrogen-bond acceptors (Lipinski definition) is 3. The van der Waals surface area contributed by atoms with Crippen molar-refractivity contribution in [2.75, 3.05) is 14.2 Å². The Bertz CT molecular complexity index is 180. The Balaban J connectivity index is 4.30. The first-order chi connectivity index (χ1) is 5.54. The van der Waals surface area contributed by atoms with Crippen LogP contribution in [0.25, 0.3) is 0 Å². The molecular weight excluding hydrogens is 162 g/mol. The van der Waals surface area contributed by atoms with Crippen LogP contribution in [0.15, 0.2) is 0 Å². The third-order valence-corrected chi connectivity index (χ3v) is 1.60. The smallest absolute Gasteiger partial charge is 0.409 e. The van der Waals surface area contributed by atoms with Gasteiger partial charge < -0.3 is 9.84 Å². The standard InChI is InChI=1S/C7H13NO4/c1-4-5(6(9)10)8(2)7(11)12-3/h5H,4H2,1-3H3,(H,9,10). The molecule has 0 saturated heterocycles. The maximum absolute atomic E-state index is 10.9. The summed E-state index contributed by atoms with van der Waals surface area (Å²) in [4.78, 5) is 22.5. The quantitative estimate of drug-likeness (QED) is 0.680. The van der Waals surface area contributed by atoms with E-state index in [4.69, 9.17) is 5.11 Å². The van der Waals surface area contributed by atoms with Crippen LogP contribution >= 0.6 is 0 Å². The van der Waals surface area contributed by atoms with Gasteiger partial charge in [-0.3, -0.25) is 4.90 Å². The van der Waals surface area contributed by atoms with Crippen molar-refractivity contribution in [3.8, 4) is 0 Å². The van der Waals surface area contributed by atoms with Crippen molar-refractivity contribution >= 4 is 12.1 Å². The average molecular weight is 175 g/mol. The van der Waals surface area contributed by atoms with E-state index in [9.17, 15) is 9.59 Å². The molecule has 0 aliphatic heterocycles. The van der Waals surface area contributed by atoms with Crippen LogP contribution in [0, 0.1) is 0 Å². The van der Waals surface area contributed by atoms with Crippen LogP contribution < -0.4 is 0 Å². The minimum absolute atomic E-state index is 0.362. The summed E-state index contributed by atoms with van der Waals surface area (Å²) in [7, 11) is 2.61. The van der Waals surface area contributed by atoms with Gasteiger partial charge in [-0.1, -0.05) is 6.92 Å². The van der Waals surface area contributed by atoms with Gasteiger partial charge in [0.15, 0.2) is 0 Å². The van der Waals surface area contributed by atoms with E-state index in [-0.39, 0.29) is 0 Å². The average Bonchev–Trinajstić information content (AvgIpc) is 2.03.